The van der Waals surface area contributed by atoms with E-state index in [9.17, 15) is 9.90 Å². The summed E-state index contributed by atoms with van der Waals surface area (Å²) in [5, 5.41) is 13.6. The van der Waals surface area contributed by atoms with E-state index in [1.807, 2.05) is 36.4 Å². The number of aliphatic hydroxyl groups is 1. The van der Waals surface area contributed by atoms with Gasteiger partial charge >= 0.3 is 0 Å². The average molecular weight is 473 g/mol. The number of aromatic nitrogens is 5. The summed E-state index contributed by atoms with van der Waals surface area (Å²) in [5.41, 5.74) is 2.86. The molecule has 35 heavy (non-hydrogen) atoms. The normalized spacial score (nSPS) is 14.4. The van der Waals surface area contributed by atoms with Crippen LogP contribution in [0.5, 0.6) is 0 Å². The molecule has 0 unspecified atom stereocenters. The third-order valence-electron chi connectivity index (χ3n) is 6.19. The highest BCUT2D eigenvalue weighted by Gasteiger charge is 2.19. The first-order valence-electron chi connectivity index (χ1n) is 11.5. The fourth-order valence-electron chi connectivity index (χ4n) is 4.36. The Morgan fingerprint density at radius 2 is 1.97 bits per heavy atom. The molecule has 0 atom stereocenters. The zero-order chi connectivity index (χ0) is 24.4. The van der Waals surface area contributed by atoms with Crippen LogP contribution in [0.1, 0.15) is 5.56 Å². The van der Waals surface area contributed by atoms with Crippen molar-refractivity contribution in [1.29, 1.82) is 0 Å². The minimum atomic E-state index is -0.212. The fraction of sp³-hybridized carbons (Fsp3) is 0.280. The van der Waals surface area contributed by atoms with Crippen LogP contribution >= 0.6 is 0 Å². The van der Waals surface area contributed by atoms with E-state index in [1.54, 1.807) is 17.0 Å². The Balaban J connectivity index is 1.50. The van der Waals surface area contributed by atoms with Crippen LogP contribution in [-0.2, 0) is 13.2 Å². The number of aliphatic hydroxyl groups excluding tert-OH is 1. The zero-order valence-corrected chi connectivity index (χ0v) is 19.6. The molecule has 1 aliphatic heterocycles. The number of nitrogens with one attached hydrogen (secondary N) is 1. The molecular weight excluding hydrogens is 444 g/mol. The Labute approximate surface area is 202 Å². The van der Waals surface area contributed by atoms with Crippen LogP contribution in [0.2, 0.25) is 0 Å². The second kappa shape index (κ2) is 9.69. The van der Waals surface area contributed by atoms with Gasteiger partial charge in [0.15, 0.2) is 11.5 Å². The first-order chi connectivity index (χ1) is 17.1. The highest BCUT2D eigenvalue weighted by atomic mass is 16.3. The van der Waals surface area contributed by atoms with Crippen LogP contribution in [0.15, 0.2) is 66.2 Å². The summed E-state index contributed by atoms with van der Waals surface area (Å²) in [5.74, 6) is 0.916. The van der Waals surface area contributed by atoms with E-state index in [2.05, 4.69) is 43.7 Å². The first kappa shape index (κ1) is 22.8. The number of piperazine rings is 1. The summed E-state index contributed by atoms with van der Waals surface area (Å²) in [6.45, 7) is 7.82. The van der Waals surface area contributed by atoms with Crippen molar-refractivity contribution < 1.29 is 5.11 Å². The molecule has 3 aromatic heterocycles. The molecule has 10 heteroatoms. The van der Waals surface area contributed by atoms with Gasteiger partial charge in [-0.25, -0.2) is 19.3 Å². The lowest BCUT2D eigenvalue weighted by atomic mass is 10.1. The van der Waals surface area contributed by atoms with Crippen molar-refractivity contribution in [3.63, 3.8) is 0 Å². The predicted molar refractivity (Wildman–Crippen MR) is 136 cm³/mol. The van der Waals surface area contributed by atoms with Crippen LogP contribution < -0.4 is 15.8 Å². The number of hydrogen-bond acceptors (Lipinski definition) is 8. The molecule has 1 aromatic carbocycles. The number of pyridine rings is 1. The molecule has 4 heterocycles. The van der Waals surface area contributed by atoms with Crippen molar-refractivity contribution in [2.45, 2.75) is 13.2 Å². The van der Waals surface area contributed by atoms with Gasteiger partial charge in [0.05, 0.1) is 13.2 Å². The lowest BCUT2D eigenvalue weighted by Crippen LogP contribution is -2.44. The van der Waals surface area contributed by atoms with Crippen LogP contribution in [-0.4, -0.2) is 67.5 Å². The summed E-state index contributed by atoms with van der Waals surface area (Å²) >= 11 is 0. The molecule has 0 spiro atoms. The second-order valence-electron chi connectivity index (χ2n) is 8.52. The maximum atomic E-state index is 13.0. The molecule has 5 rings (SSSR count). The monoisotopic (exact) mass is 472 g/mol. The van der Waals surface area contributed by atoms with Crippen molar-refractivity contribution in [3.05, 3.63) is 77.4 Å². The molecule has 1 saturated heterocycles. The number of allylic oxidation sites excluding steroid dienone is 1. The van der Waals surface area contributed by atoms with E-state index in [0.29, 0.717) is 29.3 Å². The topological polar surface area (TPSA) is 104 Å². The quantitative estimate of drug-likeness (QED) is 0.395. The number of likely N-dealkylation sites (N-methyl/N-ethyl adjacent to an activating group) is 1. The summed E-state index contributed by atoms with van der Waals surface area (Å²) in [7, 11) is 2.12. The van der Waals surface area contributed by atoms with Gasteiger partial charge in [-0.2, -0.15) is 4.98 Å². The average Bonchev–Trinajstić information content (AvgIpc) is 3.16. The molecule has 0 bridgehead atoms. The molecule has 0 radical (unpaired) electrons. The number of rotatable bonds is 7. The predicted octanol–water partition coefficient (Wildman–Crippen LogP) is 2.15. The van der Waals surface area contributed by atoms with E-state index in [4.69, 9.17) is 0 Å². The Morgan fingerprint density at radius 3 is 2.69 bits per heavy atom. The van der Waals surface area contributed by atoms with Gasteiger partial charge in [0.1, 0.15) is 5.39 Å². The summed E-state index contributed by atoms with van der Waals surface area (Å²) < 4.78 is 3.22. The molecular formula is C25H28N8O2. The summed E-state index contributed by atoms with van der Waals surface area (Å²) in [6.07, 6.45) is 4.85. The number of nitrogens with zero attached hydrogens (tertiary/aromatic N) is 7. The van der Waals surface area contributed by atoms with Gasteiger partial charge < -0.3 is 20.2 Å². The van der Waals surface area contributed by atoms with E-state index in [-0.39, 0.29) is 12.2 Å². The van der Waals surface area contributed by atoms with Gasteiger partial charge in [-0.3, -0.25) is 4.79 Å². The molecule has 10 nitrogen and oxygen atoms in total. The standard InChI is InChI=1S/C25H28N8O2/c1-3-10-32-24(35)20-16-27-25(29-23(20)33(32)22-6-4-5-9-26-22)28-19-7-8-21(18(15-19)17-34)31-13-11-30(2)12-14-31/h3-9,15-16,34H,1,10-14,17H2,2H3,(H,27,28,29). The minimum absolute atomic E-state index is 0.0687. The van der Waals surface area contributed by atoms with Crippen LogP contribution in [0, 0.1) is 0 Å². The van der Waals surface area contributed by atoms with E-state index in [0.717, 1.165) is 43.1 Å². The summed E-state index contributed by atoms with van der Waals surface area (Å²) in [4.78, 5) is 31.0. The van der Waals surface area contributed by atoms with Gasteiger partial charge in [-0.05, 0) is 37.4 Å². The largest absolute Gasteiger partial charge is 0.392 e. The Morgan fingerprint density at radius 1 is 1.14 bits per heavy atom. The molecule has 4 aromatic rings. The lowest BCUT2D eigenvalue weighted by Gasteiger charge is -2.35. The fourth-order valence-corrected chi connectivity index (χ4v) is 4.36. The number of anilines is 3. The van der Waals surface area contributed by atoms with Crippen LogP contribution in [0.3, 0.4) is 0 Å². The maximum Gasteiger partial charge on any atom is 0.278 e. The molecule has 2 N–H and O–H groups in total. The van der Waals surface area contributed by atoms with Gasteiger partial charge in [0.25, 0.3) is 5.56 Å². The third-order valence-corrected chi connectivity index (χ3v) is 6.19. The molecule has 180 valence electrons. The van der Waals surface area contributed by atoms with Gasteiger partial charge in [-0.1, -0.05) is 12.1 Å². The molecule has 0 saturated carbocycles. The lowest BCUT2D eigenvalue weighted by molar-refractivity contribution is 0.280. The number of hydrogen-bond donors (Lipinski definition) is 2. The molecule has 1 fully saturated rings. The van der Waals surface area contributed by atoms with Crippen molar-refractivity contribution in [1.82, 2.24) is 29.2 Å². The smallest absolute Gasteiger partial charge is 0.278 e. The second-order valence-corrected chi connectivity index (χ2v) is 8.52. The van der Waals surface area contributed by atoms with Gasteiger partial charge in [0.2, 0.25) is 5.95 Å². The molecule has 0 aliphatic carbocycles. The van der Waals surface area contributed by atoms with E-state index < -0.39 is 0 Å². The molecule has 0 amide bonds. The number of fused-ring (bicyclic) bond motifs is 1. The Bertz CT molecular complexity index is 1400. The van der Waals surface area contributed by atoms with Crippen LogP contribution in [0.25, 0.3) is 16.9 Å². The SMILES string of the molecule is C=CCn1c(=O)c2cnc(Nc3ccc(N4CCN(C)CC4)c(CO)c3)nc2n1-c1ccccn1. The first-order valence-corrected chi connectivity index (χ1v) is 11.5. The van der Waals surface area contributed by atoms with Gasteiger partial charge in [-0.15, -0.1) is 6.58 Å². The maximum absolute atomic E-state index is 13.0. The van der Waals surface area contributed by atoms with Crippen LogP contribution in [0.4, 0.5) is 17.3 Å². The van der Waals surface area contributed by atoms with Crippen molar-refractivity contribution >= 4 is 28.4 Å². The summed E-state index contributed by atoms with van der Waals surface area (Å²) in [6, 6.07) is 11.4. The van der Waals surface area contributed by atoms with Gasteiger partial charge in [0, 0.05) is 55.5 Å². The highest BCUT2D eigenvalue weighted by molar-refractivity contribution is 5.77. The van der Waals surface area contributed by atoms with Crippen molar-refractivity contribution in [2.24, 2.45) is 0 Å². The van der Waals surface area contributed by atoms with Crippen molar-refractivity contribution in [2.75, 3.05) is 43.4 Å². The highest BCUT2D eigenvalue weighted by Crippen LogP contribution is 2.27. The van der Waals surface area contributed by atoms with Crippen molar-refractivity contribution in [3.8, 4) is 5.82 Å². The third kappa shape index (κ3) is 4.41. The van der Waals surface area contributed by atoms with E-state index >= 15 is 0 Å². The Hall–Kier alpha value is -4.02. The molecule has 1 aliphatic rings. The Kier molecular flexibility index (Phi) is 6.30. The van der Waals surface area contributed by atoms with E-state index in [1.165, 1.54) is 10.9 Å². The number of benzene rings is 1. The minimum Gasteiger partial charge on any atom is -0.392 e. The zero-order valence-electron chi connectivity index (χ0n) is 19.6.